The van der Waals surface area contributed by atoms with Gasteiger partial charge in [0.2, 0.25) is 0 Å². The fourth-order valence-electron chi connectivity index (χ4n) is 1.61. The number of hydrogen-bond donors (Lipinski definition) is 2. The number of H-pyrrole nitrogens is 1. The monoisotopic (exact) mass is 374 g/mol. The van der Waals surface area contributed by atoms with Crippen LogP contribution in [0.3, 0.4) is 0 Å². The van der Waals surface area contributed by atoms with Gasteiger partial charge in [0.25, 0.3) is 15.8 Å². The molecule has 1 aromatic heterocycles. The third-order valence-electron chi connectivity index (χ3n) is 2.49. The summed E-state index contributed by atoms with van der Waals surface area (Å²) in [5.74, 6) is -2.69. The average molecular weight is 374 g/mol. The van der Waals surface area contributed by atoms with Gasteiger partial charge in [0.05, 0.1) is 0 Å². The topological polar surface area (TPSA) is 106 Å². The van der Waals surface area contributed by atoms with Crippen molar-refractivity contribution in [2.75, 3.05) is 4.83 Å². The van der Waals surface area contributed by atoms with Crippen LogP contribution in [0.15, 0.2) is 34.0 Å². The zero-order valence-electron chi connectivity index (χ0n) is 11.2. The highest BCUT2D eigenvalue weighted by atomic mass is 32.2. The van der Waals surface area contributed by atoms with E-state index in [0.717, 1.165) is 18.2 Å². The van der Waals surface area contributed by atoms with E-state index in [1.807, 2.05) is 0 Å². The Morgan fingerprint density at radius 1 is 1.25 bits per heavy atom. The first-order valence-electron chi connectivity index (χ1n) is 5.83. The zero-order valence-corrected chi connectivity index (χ0v) is 12.0. The lowest BCUT2D eigenvalue weighted by atomic mass is 10.3. The summed E-state index contributed by atoms with van der Waals surface area (Å²) in [5.41, 5.74) is -1.53. The lowest BCUT2D eigenvalue weighted by molar-refractivity contribution is -0.146. The molecule has 0 atom stereocenters. The maximum Gasteiger partial charge on any atom is 0.453 e. The van der Waals surface area contributed by atoms with Crippen LogP contribution in [-0.2, 0) is 16.2 Å². The highest BCUT2D eigenvalue weighted by Gasteiger charge is 2.39. The zero-order chi connectivity index (χ0) is 18.1. The fraction of sp³-hybridized carbons (Fsp3) is 0.200. The Morgan fingerprint density at radius 3 is 2.46 bits per heavy atom. The highest BCUT2D eigenvalue weighted by molar-refractivity contribution is 7.92. The predicted molar refractivity (Wildman–Crippen MR) is 67.5 cm³/mol. The summed E-state index contributed by atoms with van der Waals surface area (Å²) < 4.78 is 90.5. The summed E-state index contributed by atoms with van der Waals surface area (Å²) in [6.07, 6.45) is -5.15. The molecule has 0 aliphatic carbocycles. The van der Waals surface area contributed by atoms with Crippen molar-refractivity contribution >= 4 is 10.0 Å². The van der Waals surface area contributed by atoms with Crippen LogP contribution in [0.4, 0.5) is 22.0 Å². The van der Waals surface area contributed by atoms with Crippen LogP contribution >= 0.6 is 0 Å². The van der Waals surface area contributed by atoms with Gasteiger partial charge >= 0.3 is 18.5 Å². The normalized spacial score (nSPS) is 12.4. The lowest BCUT2D eigenvalue weighted by Gasteiger charge is -2.14. The summed E-state index contributed by atoms with van der Waals surface area (Å²) in [6, 6.07) is 3.96. The van der Waals surface area contributed by atoms with Gasteiger partial charge in [-0.15, -0.1) is 5.10 Å². The highest BCUT2D eigenvalue weighted by Crippen LogP contribution is 2.28. The number of benzene rings is 1. The largest absolute Gasteiger partial charge is 0.453 e. The first kappa shape index (κ1) is 17.7. The van der Waals surface area contributed by atoms with E-state index in [-0.39, 0.29) is 0 Å². The molecule has 1 heterocycles. The van der Waals surface area contributed by atoms with Crippen molar-refractivity contribution in [2.24, 2.45) is 0 Å². The van der Waals surface area contributed by atoms with Crippen molar-refractivity contribution in [3.05, 3.63) is 40.6 Å². The second-order valence-corrected chi connectivity index (χ2v) is 5.73. The molecule has 24 heavy (non-hydrogen) atoms. The van der Waals surface area contributed by atoms with Gasteiger partial charge in [-0.25, -0.2) is 14.7 Å². The van der Waals surface area contributed by atoms with Crippen LogP contribution in [0, 0.1) is 0 Å². The predicted octanol–water partition coefficient (Wildman–Crippen LogP) is 1.12. The SMILES string of the molecule is O=c1[nH]nc(C(F)(F)F)n1NS(=O)(=O)c1ccccc1OC(F)F. The molecule has 2 rings (SSSR count). The van der Waals surface area contributed by atoms with E-state index >= 15 is 0 Å². The fourth-order valence-corrected chi connectivity index (χ4v) is 2.75. The first-order chi connectivity index (χ1) is 11.0. The van der Waals surface area contributed by atoms with Crippen LogP contribution in [0.5, 0.6) is 5.75 Å². The van der Waals surface area contributed by atoms with Crippen LogP contribution in [0.25, 0.3) is 0 Å². The standard InChI is InChI=1S/C10H7F5N4O4S/c11-8(12)23-5-3-1-2-4-6(5)24(21,22)18-19-7(10(13,14)15)16-17-9(19)20/h1-4,8,18H,(H,17,20). The van der Waals surface area contributed by atoms with Crippen molar-refractivity contribution in [2.45, 2.75) is 17.7 Å². The van der Waals surface area contributed by atoms with Gasteiger partial charge in [0.15, 0.2) is 0 Å². The number of para-hydroxylation sites is 1. The van der Waals surface area contributed by atoms with E-state index in [0.29, 0.717) is 0 Å². The quantitative estimate of drug-likeness (QED) is 0.763. The van der Waals surface area contributed by atoms with E-state index in [4.69, 9.17) is 0 Å². The van der Waals surface area contributed by atoms with Crippen molar-refractivity contribution in [3.63, 3.8) is 0 Å². The third kappa shape index (κ3) is 3.64. The van der Waals surface area contributed by atoms with Crippen LogP contribution in [0.2, 0.25) is 0 Å². The Kier molecular flexibility index (Phi) is 4.50. The van der Waals surface area contributed by atoms with E-state index in [1.165, 1.54) is 16.0 Å². The molecule has 0 unspecified atom stereocenters. The third-order valence-corrected chi connectivity index (χ3v) is 3.83. The smallest absolute Gasteiger partial charge is 0.433 e. The molecular formula is C10H7F5N4O4S. The number of hydrogen-bond acceptors (Lipinski definition) is 5. The Hall–Kier alpha value is -2.64. The molecule has 0 aliphatic heterocycles. The maximum absolute atomic E-state index is 12.7. The van der Waals surface area contributed by atoms with E-state index in [1.54, 1.807) is 0 Å². The lowest BCUT2D eigenvalue weighted by Crippen LogP contribution is -2.35. The van der Waals surface area contributed by atoms with Gasteiger partial charge in [-0.2, -0.15) is 35.0 Å². The van der Waals surface area contributed by atoms with Crippen molar-refractivity contribution < 1.29 is 35.1 Å². The summed E-state index contributed by atoms with van der Waals surface area (Å²) in [5, 5.41) is 4.08. The molecule has 0 amide bonds. The number of nitrogens with one attached hydrogen (secondary N) is 2. The Balaban J connectivity index is 2.48. The van der Waals surface area contributed by atoms with Crippen molar-refractivity contribution in [1.82, 2.24) is 14.9 Å². The first-order valence-corrected chi connectivity index (χ1v) is 7.32. The molecule has 2 N–H and O–H groups in total. The van der Waals surface area contributed by atoms with Crippen LogP contribution in [0.1, 0.15) is 5.82 Å². The number of sulfonamides is 1. The van der Waals surface area contributed by atoms with Gasteiger partial charge < -0.3 is 4.74 Å². The molecule has 1 aromatic carbocycles. The minimum atomic E-state index is -5.15. The molecule has 14 heteroatoms. The molecule has 132 valence electrons. The summed E-state index contributed by atoms with van der Waals surface area (Å²) in [7, 11) is -4.87. The van der Waals surface area contributed by atoms with Gasteiger partial charge in [0.1, 0.15) is 10.6 Å². The number of ether oxygens (including phenoxy) is 1. The number of nitrogens with zero attached hydrogens (tertiary/aromatic N) is 2. The van der Waals surface area contributed by atoms with Gasteiger partial charge in [0, 0.05) is 0 Å². The van der Waals surface area contributed by atoms with Crippen molar-refractivity contribution in [1.29, 1.82) is 0 Å². The number of aromatic amines is 1. The molecule has 0 aliphatic rings. The molecule has 0 saturated heterocycles. The number of alkyl halides is 5. The van der Waals surface area contributed by atoms with Crippen LogP contribution in [-0.4, -0.2) is 29.9 Å². The molecule has 0 spiro atoms. The molecule has 2 aromatic rings. The summed E-state index contributed by atoms with van der Waals surface area (Å²) in [4.78, 5) is 11.7. The second kappa shape index (κ2) is 6.10. The van der Waals surface area contributed by atoms with Gasteiger partial charge in [-0.1, -0.05) is 12.1 Å². The summed E-state index contributed by atoms with van der Waals surface area (Å²) in [6.45, 7) is -3.37. The van der Waals surface area contributed by atoms with Gasteiger partial charge in [-0.3, -0.25) is 0 Å². The minimum absolute atomic E-state index is 0.408. The minimum Gasteiger partial charge on any atom is -0.433 e. The number of rotatable bonds is 5. The molecule has 8 nitrogen and oxygen atoms in total. The van der Waals surface area contributed by atoms with Gasteiger partial charge in [-0.05, 0) is 12.1 Å². The maximum atomic E-state index is 12.7. The van der Waals surface area contributed by atoms with E-state index in [2.05, 4.69) is 9.84 Å². The van der Waals surface area contributed by atoms with E-state index in [9.17, 15) is 35.2 Å². The number of aromatic nitrogens is 3. The Bertz CT molecular complexity index is 889. The number of halogens is 5. The molecule has 0 saturated carbocycles. The Morgan fingerprint density at radius 2 is 1.88 bits per heavy atom. The average Bonchev–Trinajstić information content (AvgIpc) is 2.79. The molecule has 0 radical (unpaired) electrons. The second-order valence-electron chi connectivity index (χ2n) is 4.11. The molecule has 0 fully saturated rings. The van der Waals surface area contributed by atoms with Crippen LogP contribution < -0.4 is 15.3 Å². The molecular weight excluding hydrogens is 367 g/mol. The van der Waals surface area contributed by atoms with E-state index < -0.39 is 49.6 Å². The Labute approximate surface area is 129 Å². The van der Waals surface area contributed by atoms with Crippen molar-refractivity contribution in [3.8, 4) is 5.75 Å². The molecule has 0 bridgehead atoms. The summed E-state index contributed by atoms with van der Waals surface area (Å²) >= 11 is 0.